The molecule has 5 nitrogen and oxygen atoms in total. The lowest BCUT2D eigenvalue weighted by atomic mass is 9.87. The molecule has 1 aliphatic rings. The molecule has 1 fully saturated rings. The van der Waals surface area contributed by atoms with Gasteiger partial charge in [0.25, 0.3) is 0 Å². The Balaban J connectivity index is 1.81. The number of amides is 1. The molecule has 1 amide bonds. The zero-order valence-corrected chi connectivity index (χ0v) is 13.6. The normalized spacial score (nSPS) is 15.2. The Bertz CT molecular complexity index is 550. The fourth-order valence-electron chi connectivity index (χ4n) is 3.15. The van der Waals surface area contributed by atoms with Crippen LogP contribution >= 0.6 is 0 Å². The fraction of sp³-hybridized carbons (Fsp3) is 0.556. The summed E-state index contributed by atoms with van der Waals surface area (Å²) in [5.41, 5.74) is 1.10. The lowest BCUT2D eigenvalue weighted by Gasteiger charge is -2.20. The minimum atomic E-state index is -0.976. The summed E-state index contributed by atoms with van der Waals surface area (Å²) in [6.45, 7) is 0.536. The number of ether oxygens (including phenoxy) is 1. The van der Waals surface area contributed by atoms with Crippen molar-refractivity contribution in [2.24, 2.45) is 5.92 Å². The molecule has 2 N–H and O–H groups in total. The molecule has 23 heavy (non-hydrogen) atoms. The van der Waals surface area contributed by atoms with Crippen LogP contribution in [0.2, 0.25) is 0 Å². The quantitative estimate of drug-likeness (QED) is 0.810. The Morgan fingerprint density at radius 1 is 1.26 bits per heavy atom. The van der Waals surface area contributed by atoms with Crippen molar-refractivity contribution >= 4 is 11.9 Å². The second kappa shape index (κ2) is 8.56. The minimum Gasteiger partial charge on any atom is -0.496 e. The van der Waals surface area contributed by atoms with E-state index >= 15 is 0 Å². The van der Waals surface area contributed by atoms with Crippen LogP contribution in [0.1, 0.15) is 54.4 Å². The molecular weight excluding hydrogens is 294 g/mol. The predicted molar refractivity (Wildman–Crippen MR) is 87.9 cm³/mol. The Labute approximate surface area is 137 Å². The third-order valence-corrected chi connectivity index (χ3v) is 4.45. The van der Waals surface area contributed by atoms with E-state index in [2.05, 4.69) is 5.32 Å². The summed E-state index contributed by atoms with van der Waals surface area (Å²) in [7, 11) is 1.52. The Morgan fingerprint density at radius 2 is 2.00 bits per heavy atom. The lowest BCUT2D eigenvalue weighted by Crippen LogP contribution is -2.28. The number of aromatic carboxylic acids is 1. The van der Waals surface area contributed by atoms with E-state index in [9.17, 15) is 9.59 Å². The average Bonchev–Trinajstić information content (AvgIpc) is 2.55. The molecule has 5 heteroatoms. The molecule has 0 spiro atoms. The highest BCUT2D eigenvalue weighted by Gasteiger charge is 2.17. The molecule has 0 heterocycles. The van der Waals surface area contributed by atoms with Crippen LogP contribution in [-0.4, -0.2) is 30.6 Å². The number of rotatable bonds is 7. The van der Waals surface area contributed by atoms with Crippen LogP contribution in [0.3, 0.4) is 0 Å². The van der Waals surface area contributed by atoms with Gasteiger partial charge in [0.2, 0.25) is 5.91 Å². The smallest absolute Gasteiger partial charge is 0.335 e. The van der Waals surface area contributed by atoms with Crippen LogP contribution in [0, 0.1) is 5.92 Å². The van der Waals surface area contributed by atoms with Gasteiger partial charge in [-0.3, -0.25) is 4.79 Å². The molecule has 0 aliphatic heterocycles. The van der Waals surface area contributed by atoms with Crippen molar-refractivity contribution in [2.75, 3.05) is 13.7 Å². The molecule has 0 aromatic heterocycles. The van der Waals surface area contributed by atoms with E-state index in [4.69, 9.17) is 9.84 Å². The van der Waals surface area contributed by atoms with Crippen LogP contribution in [0.4, 0.5) is 0 Å². The number of hydrogen-bond donors (Lipinski definition) is 2. The van der Waals surface area contributed by atoms with Crippen LogP contribution < -0.4 is 10.1 Å². The number of benzene rings is 1. The summed E-state index contributed by atoms with van der Waals surface area (Å²) in [6, 6.07) is 4.82. The van der Waals surface area contributed by atoms with E-state index in [1.165, 1.54) is 32.4 Å². The summed E-state index contributed by atoms with van der Waals surface area (Å²) in [5, 5.41) is 11.9. The zero-order chi connectivity index (χ0) is 16.7. The van der Waals surface area contributed by atoms with Gasteiger partial charge in [-0.05, 0) is 42.9 Å². The second-order valence-corrected chi connectivity index (χ2v) is 6.14. The van der Waals surface area contributed by atoms with Gasteiger partial charge in [-0.1, -0.05) is 25.3 Å². The number of nitrogens with one attached hydrogen (secondary N) is 1. The zero-order valence-electron chi connectivity index (χ0n) is 13.6. The Kier molecular flexibility index (Phi) is 6.44. The van der Waals surface area contributed by atoms with Gasteiger partial charge in [-0.25, -0.2) is 4.79 Å². The van der Waals surface area contributed by atoms with Crippen molar-refractivity contribution in [3.63, 3.8) is 0 Å². The SMILES string of the molecule is COc1cc(C(=O)O)ccc1CCNC(=O)CC1CCCCC1. The molecule has 1 aromatic carbocycles. The molecular formula is C18H25NO4. The molecule has 1 aromatic rings. The number of carbonyl (C=O) groups is 2. The average molecular weight is 319 g/mol. The van der Waals surface area contributed by atoms with E-state index in [1.807, 2.05) is 0 Å². The van der Waals surface area contributed by atoms with Gasteiger partial charge >= 0.3 is 5.97 Å². The molecule has 0 saturated heterocycles. The number of carboxylic acid groups (broad SMARTS) is 1. The highest BCUT2D eigenvalue weighted by atomic mass is 16.5. The van der Waals surface area contributed by atoms with Crippen molar-refractivity contribution in [1.29, 1.82) is 0 Å². The number of carboxylic acids is 1. The maximum Gasteiger partial charge on any atom is 0.335 e. The number of hydrogen-bond acceptors (Lipinski definition) is 3. The van der Waals surface area contributed by atoms with Crippen molar-refractivity contribution in [2.45, 2.75) is 44.9 Å². The van der Waals surface area contributed by atoms with Crippen molar-refractivity contribution < 1.29 is 19.4 Å². The van der Waals surface area contributed by atoms with Gasteiger partial charge in [0.1, 0.15) is 5.75 Å². The number of carbonyl (C=O) groups excluding carboxylic acids is 1. The van der Waals surface area contributed by atoms with Crippen LogP contribution in [0.25, 0.3) is 0 Å². The second-order valence-electron chi connectivity index (χ2n) is 6.14. The van der Waals surface area contributed by atoms with Gasteiger partial charge in [-0.15, -0.1) is 0 Å². The van der Waals surface area contributed by atoms with E-state index in [-0.39, 0.29) is 11.5 Å². The first kappa shape index (κ1) is 17.3. The van der Waals surface area contributed by atoms with Crippen LogP contribution in [-0.2, 0) is 11.2 Å². The summed E-state index contributed by atoms with van der Waals surface area (Å²) in [5.74, 6) is 0.216. The van der Waals surface area contributed by atoms with E-state index in [1.54, 1.807) is 12.1 Å². The maximum absolute atomic E-state index is 12.0. The molecule has 1 saturated carbocycles. The van der Waals surface area contributed by atoms with Crippen LogP contribution in [0.15, 0.2) is 18.2 Å². The van der Waals surface area contributed by atoms with Gasteiger partial charge < -0.3 is 15.2 Å². The first-order valence-electron chi connectivity index (χ1n) is 8.27. The molecule has 0 bridgehead atoms. The van der Waals surface area contributed by atoms with Crippen molar-refractivity contribution in [1.82, 2.24) is 5.32 Å². The molecule has 0 unspecified atom stereocenters. The summed E-state index contributed by atoms with van der Waals surface area (Å²) < 4.78 is 5.24. The molecule has 2 rings (SSSR count). The topological polar surface area (TPSA) is 75.6 Å². The Morgan fingerprint density at radius 3 is 2.65 bits per heavy atom. The highest BCUT2D eigenvalue weighted by Crippen LogP contribution is 2.26. The molecule has 0 atom stereocenters. The summed E-state index contributed by atoms with van der Waals surface area (Å²) >= 11 is 0. The monoisotopic (exact) mass is 319 g/mol. The molecule has 126 valence electrons. The van der Waals surface area contributed by atoms with E-state index in [0.29, 0.717) is 31.1 Å². The Hall–Kier alpha value is -2.04. The van der Waals surface area contributed by atoms with Gasteiger partial charge in [0, 0.05) is 13.0 Å². The minimum absolute atomic E-state index is 0.109. The summed E-state index contributed by atoms with van der Waals surface area (Å²) in [6.07, 6.45) is 7.35. The van der Waals surface area contributed by atoms with Gasteiger partial charge in [0.05, 0.1) is 12.7 Å². The van der Waals surface area contributed by atoms with E-state index < -0.39 is 5.97 Å². The predicted octanol–water partition coefficient (Wildman–Crippen LogP) is 3.02. The third kappa shape index (κ3) is 5.27. The molecule has 1 aliphatic carbocycles. The highest BCUT2D eigenvalue weighted by molar-refractivity contribution is 5.88. The van der Waals surface area contributed by atoms with Crippen LogP contribution in [0.5, 0.6) is 5.75 Å². The third-order valence-electron chi connectivity index (χ3n) is 4.45. The number of methoxy groups -OCH3 is 1. The largest absolute Gasteiger partial charge is 0.496 e. The first-order chi connectivity index (χ1) is 11.1. The first-order valence-corrected chi connectivity index (χ1v) is 8.27. The maximum atomic E-state index is 12.0. The van der Waals surface area contributed by atoms with Gasteiger partial charge in [-0.2, -0.15) is 0 Å². The van der Waals surface area contributed by atoms with Gasteiger partial charge in [0.15, 0.2) is 0 Å². The fourth-order valence-corrected chi connectivity index (χ4v) is 3.15. The summed E-state index contributed by atoms with van der Waals surface area (Å²) in [4.78, 5) is 22.9. The van der Waals surface area contributed by atoms with Crippen molar-refractivity contribution in [3.05, 3.63) is 29.3 Å². The standard InChI is InChI=1S/C18H25NO4/c1-23-16-12-15(18(21)22)8-7-14(16)9-10-19-17(20)11-13-5-3-2-4-6-13/h7-8,12-13H,2-6,9-11H2,1H3,(H,19,20)(H,21,22). The molecule has 0 radical (unpaired) electrons. The lowest BCUT2D eigenvalue weighted by molar-refractivity contribution is -0.122. The van der Waals surface area contributed by atoms with Crippen molar-refractivity contribution in [3.8, 4) is 5.75 Å². The van der Waals surface area contributed by atoms with E-state index in [0.717, 1.165) is 18.4 Å².